The largest absolute Gasteiger partial charge is 0.340 e. The molecule has 0 aliphatic carbocycles. The van der Waals surface area contributed by atoms with E-state index in [1.165, 1.54) is 0 Å². The zero-order valence-corrected chi connectivity index (χ0v) is 17.6. The lowest BCUT2D eigenvalue weighted by Gasteiger charge is -2.43. The zero-order valence-electron chi connectivity index (χ0n) is 17.6. The van der Waals surface area contributed by atoms with E-state index in [1.54, 1.807) is 24.3 Å². The van der Waals surface area contributed by atoms with Crippen molar-refractivity contribution in [1.29, 1.82) is 0 Å². The number of rotatable bonds is 5. The van der Waals surface area contributed by atoms with Gasteiger partial charge in [0.05, 0.1) is 0 Å². The second-order valence-corrected chi connectivity index (χ2v) is 8.96. The lowest BCUT2D eigenvalue weighted by atomic mass is 9.82. The van der Waals surface area contributed by atoms with Gasteiger partial charge in [0.15, 0.2) is 0 Å². The Kier molecular flexibility index (Phi) is 5.75. The maximum Gasteiger partial charge on any atom is 0.251 e. The molecule has 2 bridgehead atoms. The standard InChI is InChI=1S/C24H29N3O3/c1-16(2)11-20(25-23(29)18-7-4-3-5-8-18)24(30)26-13-17-12-19(15-26)21-9-6-10-22(28)27(21)14-17/h3-10,16-17,19-20H,11-15H2,1-2H3,(H,25,29)/t17-,19+,20+/m0/s1. The molecule has 3 heterocycles. The topological polar surface area (TPSA) is 71.4 Å². The SMILES string of the molecule is CC(C)C[C@@H](NC(=O)c1ccccc1)C(=O)N1C[C@@H]2C[C@H](C1)c1cccc(=O)n1C2. The normalized spacial score (nSPS) is 21.1. The molecule has 6 heteroatoms. The molecule has 1 N–H and O–H groups in total. The number of carbonyl (C=O) groups excluding carboxylic acids is 2. The molecule has 2 aromatic rings. The van der Waals surface area contributed by atoms with Crippen LogP contribution in [-0.4, -0.2) is 40.4 Å². The van der Waals surface area contributed by atoms with Crippen molar-refractivity contribution in [1.82, 2.24) is 14.8 Å². The van der Waals surface area contributed by atoms with E-state index in [0.717, 1.165) is 12.1 Å². The quantitative estimate of drug-likeness (QED) is 0.828. The Bertz CT molecular complexity index is 983. The van der Waals surface area contributed by atoms with E-state index in [1.807, 2.05) is 33.7 Å². The predicted octanol–water partition coefficient (Wildman–Crippen LogP) is 2.64. The molecule has 0 spiro atoms. The summed E-state index contributed by atoms with van der Waals surface area (Å²) in [4.78, 5) is 40.3. The summed E-state index contributed by atoms with van der Waals surface area (Å²) in [7, 11) is 0. The minimum Gasteiger partial charge on any atom is -0.340 e. The fourth-order valence-corrected chi connectivity index (χ4v) is 4.82. The third-order valence-corrected chi connectivity index (χ3v) is 6.14. The number of pyridine rings is 1. The molecule has 1 aromatic heterocycles. The van der Waals surface area contributed by atoms with Crippen molar-refractivity contribution in [2.24, 2.45) is 11.8 Å². The van der Waals surface area contributed by atoms with Crippen LogP contribution in [-0.2, 0) is 11.3 Å². The average Bonchev–Trinajstić information content (AvgIpc) is 2.73. The lowest BCUT2D eigenvalue weighted by molar-refractivity contribution is -0.136. The molecule has 158 valence electrons. The van der Waals surface area contributed by atoms with Crippen molar-refractivity contribution in [3.63, 3.8) is 0 Å². The van der Waals surface area contributed by atoms with Gasteiger partial charge in [-0.25, -0.2) is 0 Å². The van der Waals surface area contributed by atoms with Gasteiger partial charge in [0.25, 0.3) is 11.5 Å². The third kappa shape index (κ3) is 4.18. The van der Waals surface area contributed by atoms with Crippen LogP contribution in [0.15, 0.2) is 53.3 Å². The van der Waals surface area contributed by atoms with Crippen LogP contribution < -0.4 is 10.9 Å². The summed E-state index contributed by atoms with van der Waals surface area (Å²) in [6.45, 7) is 5.99. The average molecular weight is 408 g/mol. The van der Waals surface area contributed by atoms with Crippen LogP contribution >= 0.6 is 0 Å². The first-order chi connectivity index (χ1) is 14.4. The lowest BCUT2D eigenvalue weighted by Crippen LogP contribution is -2.55. The van der Waals surface area contributed by atoms with E-state index in [4.69, 9.17) is 0 Å². The first-order valence-corrected chi connectivity index (χ1v) is 10.8. The molecule has 1 fully saturated rings. The van der Waals surface area contributed by atoms with Crippen LogP contribution in [0.3, 0.4) is 0 Å². The van der Waals surface area contributed by atoms with Crippen molar-refractivity contribution in [2.75, 3.05) is 13.1 Å². The van der Waals surface area contributed by atoms with E-state index in [9.17, 15) is 14.4 Å². The van der Waals surface area contributed by atoms with Crippen LogP contribution in [0.4, 0.5) is 0 Å². The van der Waals surface area contributed by atoms with Crippen molar-refractivity contribution >= 4 is 11.8 Å². The highest BCUT2D eigenvalue weighted by atomic mass is 16.2. The van der Waals surface area contributed by atoms with Gasteiger partial charge in [0.2, 0.25) is 5.91 Å². The van der Waals surface area contributed by atoms with Crippen molar-refractivity contribution < 1.29 is 9.59 Å². The number of nitrogens with zero attached hydrogens (tertiary/aromatic N) is 2. The summed E-state index contributed by atoms with van der Waals surface area (Å²) in [6.07, 6.45) is 1.59. The number of fused-ring (bicyclic) bond motifs is 4. The molecular weight excluding hydrogens is 378 g/mol. The van der Waals surface area contributed by atoms with Gasteiger partial charge in [-0.3, -0.25) is 14.4 Å². The van der Waals surface area contributed by atoms with Gasteiger partial charge >= 0.3 is 0 Å². The number of amides is 2. The van der Waals surface area contributed by atoms with Crippen LogP contribution in [0.5, 0.6) is 0 Å². The minimum atomic E-state index is -0.547. The summed E-state index contributed by atoms with van der Waals surface area (Å²) < 4.78 is 1.86. The highest BCUT2D eigenvalue weighted by molar-refractivity contribution is 5.97. The maximum atomic E-state index is 13.5. The summed E-state index contributed by atoms with van der Waals surface area (Å²) in [6, 6.07) is 13.9. The third-order valence-electron chi connectivity index (χ3n) is 6.14. The molecular formula is C24H29N3O3. The molecule has 2 aliphatic rings. The Morgan fingerprint density at radius 3 is 2.53 bits per heavy atom. The van der Waals surface area contributed by atoms with E-state index in [2.05, 4.69) is 19.2 Å². The van der Waals surface area contributed by atoms with Gasteiger partial charge in [-0.1, -0.05) is 38.1 Å². The van der Waals surface area contributed by atoms with E-state index in [0.29, 0.717) is 31.6 Å². The van der Waals surface area contributed by atoms with E-state index >= 15 is 0 Å². The molecule has 3 atom stereocenters. The van der Waals surface area contributed by atoms with Gasteiger partial charge in [0, 0.05) is 42.9 Å². The molecule has 4 rings (SSSR count). The van der Waals surface area contributed by atoms with E-state index in [-0.39, 0.29) is 35.1 Å². The summed E-state index contributed by atoms with van der Waals surface area (Å²) >= 11 is 0. The molecule has 0 unspecified atom stereocenters. The van der Waals surface area contributed by atoms with Gasteiger partial charge in [-0.15, -0.1) is 0 Å². The number of carbonyl (C=O) groups is 2. The summed E-state index contributed by atoms with van der Waals surface area (Å²) in [5, 5.41) is 2.97. The number of hydrogen-bond donors (Lipinski definition) is 1. The van der Waals surface area contributed by atoms with Gasteiger partial charge in [0.1, 0.15) is 6.04 Å². The van der Waals surface area contributed by atoms with Crippen molar-refractivity contribution in [2.45, 2.75) is 45.2 Å². The summed E-state index contributed by atoms with van der Waals surface area (Å²) in [5.74, 6) is 0.474. The molecule has 0 radical (unpaired) electrons. The first-order valence-electron chi connectivity index (χ1n) is 10.8. The van der Waals surface area contributed by atoms with Gasteiger partial charge in [-0.05, 0) is 42.9 Å². The maximum absolute atomic E-state index is 13.5. The second-order valence-electron chi connectivity index (χ2n) is 8.96. The monoisotopic (exact) mass is 407 g/mol. The number of hydrogen-bond acceptors (Lipinski definition) is 3. The molecule has 1 aromatic carbocycles. The highest BCUT2D eigenvalue weighted by Crippen LogP contribution is 2.35. The molecule has 2 aliphatic heterocycles. The Balaban J connectivity index is 1.52. The Morgan fingerprint density at radius 2 is 1.80 bits per heavy atom. The first kappa shape index (κ1) is 20.4. The molecule has 1 saturated heterocycles. The Hall–Kier alpha value is -2.89. The fourth-order valence-electron chi connectivity index (χ4n) is 4.82. The number of likely N-dealkylation sites (tertiary alicyclic amines) is 1. The van der Waals surface area contributed by atoms with Crippen LogP contribution in [0, 0.1) is 11.8 Å². The fraction of sp³-hybridized carbons (Fsp3) is 0.458. The minimum absolute atomic E-state index is 0.0191. The van der Waals surface area contributed by atoms with Gasteiger partial charge in [-0.2, -0.15) is 0 Å². The smallest absolute Gasteiger partial charge is 0.251 e. The zero-order chi connectivity index (χ0) is 21.3. The van der Waals surface area contributed by atoms with Crippen LogP contribution in [0.2, 0.25) is 0 Å². The Labute approximate surface area is 176 Å². The van der Waals surface area contributed by atoms with Gasteiger partial charge < -0.3 is 14.8 Å². The van der Waals surface area contributed by atoms with E-state index < -0.39 is 6.04 Å². The van der Waals surface area contributed by atoms with Crippen LogP contribution in [0.1, 0.15) is 48.7 Å². The number of piperidine rings is 1. The summed E-state index contributed by atoms with van der Waals surface area (Å²) in [5.41, 5.74) is 1.61. The number of aromatic nitrogens is 1. The molecule has 2 amide bonds. The van der Waals surface area contributed by atoms with Crippen molar-refractivity contribution in [3.05, 3.63) is 70.1 Å². The number of nitrogens with one attached hydrogen (secondary N) is 1. The van der Waals surface area contributed by atoms with Crippen LogP contribution in [0.25, 0.3) is 0 Å². The second kappa shape index (κ2) is 8.46. The van der Waals surface area contributed by atoms with Crippen molar-refractivity contribution in [3.8, 4) is 0 Å². The molecule has 30 heavy (non-hydrogen) atoms. The molecule has 0 saturated carbocycles. The predicted molar refractivity (Wildman–Crippen MR) is 115 cm³/mol. The Morgan fingerprint density at radius 1 is 1.03 bits per heavy atom. The molecule has 6 nitrogen and oxygen atoms in total. The highest BCUT2D eigenvalue weighted by Gasteiger charge is 2.38. The number of benzene rings is 1.